The molecule has 2 rings (SSSR count). The maximum Gasteiger partial charge on any atom is 0.254 e. The second-order valence-electron chi connectivity index (χ2n) is 3.66. The third-order valence-corrected chi connectivity index (χ3v) is 2.84. The van der Waals surface area contributed by atoms with Crippen LogP contribution in [-0.2, 0) is 13.0 Å². The first-order valence-electron chi connectivity index (χ1n) is 5.17. The number of carbonyl (C=O) groups excluding carboxylic acids is 1. The third-order valence-electron chi connectivity index (χ3n) is 2.84. The highest BCUT2D eigenvalue weighted by Gasteiger charge is 2.25. The molecule has 2 nitrogen and oxygen atoms in total. The average molecular weight is 189 g/mol. The van der Waals surface area contributed by atoms with Crippen molar-refractivity contribution in [1.29, 1.82) is 0 Å². The zero-order valence-electron chi connectivity index (χ0n) is 8.71. The molecule has 0 aliphatic carbocycles. The van der Waals surface area contributed by atoms with Gasteiger partial charge in [-0.25, -0.2) is 0 Å². The van der Waals surface area contributed by atoms with Gasteiger partial charge in [0, 0.05) is 18.7 Å². The van der Waals surface area contributed by atoms with Gasteiger partial charge in [-0.1, -0.05) is 19.1 Å². The zero-order chi connectivity index (χ0) is 10.1. The molecule has 1 aliphatic heterocycles. The van der Waals surface area contributed by atoms with E-state index in [1.807, 2.05) is 17.9 Å². The molecule has 1 heterocycles. The van der Waals surface area contributed by atoms with Crippen LogP contribution in [0.2, 0.25) is 0 Å². The van der Waals surface area contributed by atoms with Crippen molar-refractivity contribution in [3.63, 3.8) is 0 Å². The fraction of sp³-hybridized carbons (Fsp3) is 0.417. The Kier molecular flexibility index (Phi) is 2.28. The molecule has 0 saturated carbocycles. The SMILES string of the molecule is CCc1ccc2c(c1)CN(CC)C2=O. The van der Waals surface area contributed by atoms with Gasteiger partial charge in [-0.15, -0.1) is 0 Å². The molecule has 0 spiro atoms. The van der Waals surface area contributed by atoms with Crippen LogP contribution in [0.15, 0.2) is 18.2 Å². The highest BCUT2D eigenvalue weighted by atomic mass is 16.2. The van der Waals surface area contributed by atoms with Crippen molar-refractivity contribution in [1.82, 2.24) is 4.90 Å². The summed E-state index contributed by atoms with van der Waals surface area (Å²) in [6, 6.07) is 6.17. The van der Waals surface area contributed by atoms with Gasteiger partial charge in [-0.05, 0) is 30.5 Å². The normalized spacial score (nSPS) is 14.7. The van der Waals surface area contributed by atoms with E-state index < -0.39 is 0 Å². The number of rotatable bonds is 2. The van der Waals surface area contributed by atoms with Gasteiger partial charge in [0.05, 0.1) is 0 Å². The lowest BCUT2D eigenvalue weighted by atomic mass is 10.0. The van der Waals surface area contributed by atoms with E-state index in [9.17, 15) is 4.79 Å². The second kappa shape index (κ2) is 3.45. The zero-order valence-corrected chi connectivity index (χ0v) is 8.71. The Labute approximate surface area is 84.5 Å². The van der Waals surface area contributed by atoms with Gasteiger partial charge < -0.3 is 4.90 Å². The van der Waals surface area contributed by atoms with Crippen LogP contribution in [0, 0.1) is 0 Å². The van der Waals surface area contributed by atoms with E-state index in [0.717, 1.165) is 25.1 Å². The summed E-state index contributed by atoms with van der Waals surface area (Å²) in [7, 11) is 0. The van der Waals surface area contributed by atoms with Crippen molar-refractivity contribution in [2.45, 2.75) is 26.8 Å². The topological polar surface area (TPSA) is 20.3 Å². The first-order chi connectivity index (χ1) is 6.76. The maximum atomic E-state index is 11.8. The van der Waals surface area contributed by atoms with Crippen molar-refractivity contribution >= 4 is 5.91 Å². The fourth-order valence-corrected chi connectivity index (χ4v) is 1.91. The molecule has 74 valence electrons. The highest BCUT2D eigenvalue weighted by molar-refractivity contribution is 5.98. The lowest BCUT2D eigenvalue weighted by Crippen LogP contribution is -2.22. The van der Waals surface area contributed by atoms with E-state index in [2.05, 4.69) is 19.1 Å². The fourth-order valence-electron chi connectivity index (χ4n) is 1.91. The van der Waals surface area contributed by atoms with Crippen molar-refractivity contribution < 1.29 is 4.79 Å². The summed E-state index contributed by atoms with van der Waals surface area (Å²) in [5.41, 5.74) is 3.40. The number of hydrogen-bond acceptors (Lipinski definition) is 1. The highest BCUT2D eigenvalue weighted by Crippen LogP contribution is 2.23. The summed E-state index contributed by atoms with van der Waals surface area (Å²) in [5.74, 6) is 0.185. The number of aryl methyl sites for hydroxylation is 1. The standard InChI is InChI=1S/C12H15NO/c1-3-9-5-6-11-10(7-9)8-13(4-2)12(11)14/h5-7H,3-4,8H2,1-2H3. The first-order valence-corrected chi connectivity index (χ1v) is 5.17. The van der Waals surface area contributed by atoms with Gasteiger partial charge in [0.2, 0.25) is 0 Å². The molecule has 0 radical (unpaired) electrons. The Morgan fingerprint density at radius 1 is 1.36 bits per heavy atom. The third kappa shape index (κ3) is 1.31. The van der Waals surface area contributed by atoms with Crippen LogP contribution in [0.4, 0.5) is 0 Å². The summed E-state index contributed by atoms with van der Waals surface area (Å²) >= 11 is 0. The Bertz CT molecular complexity index is 371. The molecule has 14 heavy (non-hydrogen) atoms. The van der Waals surface area contributed by atoms with E-state index in [4.69, 9.17) is 0 Å². The van der Waals surface area contributed by atoms with Crippen LogP contribution >= 0.6 is 0 Å². The van der Waals surface area contributed by atoms with Crippen molar-refractivity contribution in [2.75, 3.05) is 6.54 Å². The lowest BCUT2D eigenvalue weighted by Gasteiger charge is -2.10. The number of benzene rings is 1. The van der Waals surface area contributed by atoms with E-state index in [1.54, 1.807) is 0 Å². The van der Waals surface area contributed by atoms with Gasteiger partial charge in [-0.3, -0.25) is 4.79 Å². The van der Waals surface area contributed by atoms with Gasteiger partial charge >= 0.3 is 0 Å². The van der Waals surface area contributed by atoms with Crippen molar-refractivity contribution in [3.8, 4) is 0 Å². The molecule has 0 saturated heterocycles. The summed E-state index contributed by atoms with van der Waals surface area (Å²) in [4.78, 5) is 13.6. The molecule has 1 aromatic carbocycles. The van der Waals surface area contributed by atoms with Crippen LogP contribution in [0.5, 0.6) is 0 Å². The van der Waals surface area contributed by atoms with Crippen molar-refractivity contribution in [3.05, 3.63) is 34.9 Å². The van der Waals surface area contributed by atoms with E-state index in [1.165, 1.54) is 11.1 Å². The number of fused-ring (bicyclic) bond motifs is 1. The smallest absolute Gasteiger partial charge is 0.254 e. The molecule has 2 heteroatoms. The predicted molar refractivity (Wildman–Crippen MR) is 56.2 cm³/mol. The minimum Gasteiger partial charge on any atom is -0.335 e. The van der Waals surface area contributed by atoms with Gasteiger partial charge in [0.25, 0.3) is 5.91 Å². The predicted octanol–water partition coefficient (Wildman–Crippen LogP) is 2.22. The van der Waals surface area contributed by atoms with Crippen LogP contribution in [0.25, 0.3) is 0 Å². The maximum absolute atomic E-state index is 11.8. The molecule has 1 aliphatic rings. The minimum atomic E-state index is 0.185. The molecule has 0 atom stereocenters. The molecule has 1 aromatic rings. The Hall–Kier alpha value is -1.31. The Morgan fingerprint density at radius 2 is 2.14 bits per heavy atom. The molecular weight excluding hydrogens is 174 g/mol. The summed E-state index contributed by atoms with van der Waals surface area (Å²) in [6.07, 6.45) is 1.04. The van der Waals surface area contributed by atoms with Crippen LogP contribution in [0.3, 0.4) is 0 Å². The molecule has 0 N–H and O–H groups in total. The first kappa shape index (κ1) is 9.25. The molecule has 0 unspecified atom stereocenters. The van der Waals surface area contributed by atoms with E-state index >= 15 is 0 Å². The van der Waals surface area contributed by atoms with E-state index in [0.29, 0.717) is 0 Å². The van der Waals surface area contributed by atoms with Gasteiger partial charge in [0.1, 0.15) is 0 Å². The average Bonchev–Trinajstić information content (AvgIpc) is 2.55. The number of amides is 1. The monoisotopic (exact) mass is 189 g/mol. The molecule has 0 aromatic heterocycles. The van der Waals surface area contributed by atoms with Crippen molar-refractivity contribution in [2.24, 2.45) is 0 Å². The van der Waals surface area contributed by atoms with Crippen LogP contribution in [-0.4, -0.2) is 17.4 Å². The van der Waals surface area contributed by atoms with Crippen LogP contribution in [0.1, 0.15) is 35.3 Å². The van der Waals surface area contributed by atoms with Gasteiger partial charge in [-0.2, -0.15) is 0 Å². The number of nitrogens with zero attached hydrogens (tertiary/aromatic N) is 1. The second-order valence-corrected chi connectivity index (χ2v) is 3.66. The molecule has 0 bridgehead atoms. The largest absolute Gasteiger partial charge is 0.335 e. The van der Waals surface area contributed by atoms with Crippen LogP contribution < -0.4 is 0 Å². The Morgan fingerprint density at radius 3 is 2.79 bits per heavy atom. The summed E-state index contributed by atoms with van der Waals surface area (Å²) < 4.78 is 0. The van der Waals surface area contributed by atoms with Gasteiger partial charge in [0.15, 0.2) is 0 Å². The van der Waals surface area contributed by atoms with E-state index in [-0.39, 0.29) is 5.91 Å². The molecule has 0 fully saturated rings. The molecular formula is C12H15NO. The molecule has 1 amide bonds. The summed E-state index contributed by atoms with van der Waals surface area (Å²) in [5, 5.41) is 0. The quantitative estimate of drug-likeness (QED) is 0.698. The number of carbonyl (C=O) groups is 1. The minimum absolute atomic E-state index is 0.185. The number of hydrogen-bond donors (Lipinski definition) is 0. The lowest BCUT2D eigenvalue weighted by molar-refractivity contribution is 0.0787. The summed E-state index contributed by atoms with van der Waals surface area (Å²) in [6.45, 7) is 5.74. The Balaban J connectivity index is 2.38.